The number of hydrogen-bond acceptors (Lipinski definition) is 5. The van der Waals surface area contributed by atoms with E-state index in [1.807, 2.05) is 0 Å². The zero-order chi connectivity index (χ0) is 14.0. The predicted molar refractivity (Wildman–Crippen MR) is 50.1 cm³/mol. The molecule has 0 unspecified atom stereocenters. The number of nitrogens with one attached hydrogen (secondary N) is 1. The van der Waals surface area contributed by atoms with E-state index in [2.05, 4.69) is 19.6 Å². The lowest BCUT2D eigenvalue weighted by Crippen LogP contribution is -2.44. The van der Waals surface area contributed by atoms with Gasteiger partial charge >= 0.3 is 12.4 Å². The van der Waals surface area contributed by atoms with Crippen LogP contribution >= 0.6 is 11.5 Å². The zero-order valence-electron chi connectivity index (χ0n) is 8.76. The van der Waals surface area contributed by atoms with Crippen LogP contribution in [0.4, 0.5) is 31.3 Å². The van der Waals surface area contributed by atoms with Crippen LogP contribution in [0.3, 0.4) is 0 Å². The molecule has 0 aliphatic carbocycles. The molecule has 0 amide bonds. The minimum absolute atomic E-state index is 0.110. The monoisotopic (exact) mass is 295 g/mol. The summed E-state index contributed by atoms with van der Waals surface area (Å²) in [7, 11) is 1.43. The van der Waals surface area contributed by atoms with E-state index in [-0.39, 0.29) is 10.7 Å². The van der Waals surface area contributed by atoms with Gasteiger partial charge in [0.1, 0.15) is 10.7 Å². The molecule has 18 heavy (non-hydrogen) atoms. The molecule has 1 aromatic heterocycles. The first kappa shape index (κ1) is 15.0. The Morgan fingerprint density at radius 1 is 1.22 bits per heavy atom. The number of halogens is 6. The molecule has 0 atom stereocenters. The van der Waals surface area contributed by atoms with Crippen molar-refractivity contribution in [2.75, 3.05) is 12.4 Å². The average Bonchev–Trinajstić information content (AvgIpc) is 2.61. The summed E-state index contributed by atoms with van der Waals surface area (Å²) in [4.78, 5) is 0. The average molecular weight is 295 g/mol. The van der Waals surface area contributed by atoms with Gasteiger partial charge < -0.3 is 10.1 Å². The smallest absolute Gasteiger partial charge is 0.377 e. The van der Waals surface area contributed by atoms with E-state index < -0.39 is 25.1 Å². The van der Waals surface area contributed by atoms with Crippen LogP contribution in [0.5, 0.6) is 0 Å². The molecule has 1 heterocycles. The molecular weight excluding hydrogens is 288 g/mol. The summed E-state index contributed by atoms with van der Waals surface area (Å²) in [6.45, 7) is -0.934. The quantitative estimate of drug-likeness (QED) is 0.867. The lowest BCUT2D eigenvalue weighted by Gasteiger charge is -2.22. The maximum absolute atomic E-state index is 12.1. The molecule has 1 aromatic rings. The van der Waals surface area contributed by atoms with Crippen LogP contribution in [0, 0.1) is 0 Å². The molecule has 0 saturated heterocycles. The van der Waals surface area contributed by atoms with Crippen LogP contribution in [-0.4, -0.2) is 35.1 Å². The van der Waals surface area contributed by atoms with E-state index in [4.69, 9.17) is 0 Å². The Balaban J connectivity index is 2.75. The van der Waals surface area contributed by atoms with Crippen molar-refractivity contribution in [2.45, 2.75) is 25.1 Å². The van der Waals surface area contributed by atoms with Gasteiger partial charge in [0.25, 0.3) is 0 Å². The third-order valence-corrected chi connectivity index (χ3v) is 2.55. The second kappa shape index (κ2) is 5.26. The fraction of sp³-hybridized carbons (Fsp3) is 0.714. The molecule has 0 aromatic carbocycles. The summed E-state index contributed by atoms with van der Waals surface area (Å²) in [6, 6.07) is 0. The van der Waals surface area contributed by atoms with Crippen LogP contribution in [-0.2, 0) is 11.3 Å². The zero-order valence-corrected chi connectivity index (χ0v) is 9.58. The summed E-state index contributed by atoms with van der Waals surface area (Å²) < 4.78 is 80.1. The summed E-state index contributed by atoms with van der Waals surface area (Å²) in [5.41, 5.74) is -0.110. The third-order valence-electron chi connectivity index (χ3n) is 1.76. The Hall–Kier alpha value is -1.10. The van der Waals surface area contributed by atoms with Gasteiger partial charge in [0.15, 0.2) is 0 Å². The van der Waals surface area contributed by atoms with Crippen LogP contribution < -0.4 is 5.32 Å². The fourth-order valence-electron chi connectivity index (χ4n) is 1.03. The lowest BCUT2D eigenvalue weighted by atomic mass is 10.3. The number of anilines is 1. The summed E-state index contributed by atoms with van der Waals surface area (Å²) in [5.74, 6) is 0. The first-order chi connectivity index (χ1) is 8.16. The highest BCUT2D eigenvalue weighted by Gasteiger charge is 2.58. The van der Waals surface area contributed by atoms with Crippen molar-refractivity contribution in [3.05, 3.63) is 5.69 Å². The van der Waals surface area contributed by atoms with Gasteiger partial charge in [-0.1, -0.05) is 4.49 Å². The SMILES string of the molecule is CNc1snnc1COC(C(F)(F)F)C(F)(F)F. The van der Waals surface area contributed by atoms with Gasteiger partial charge in [0.05, 0.1) is 6.61 Å². The Labute approximate surface area is 101 Å². The summed E-state index contributed by atoms with van der Waals surface area (Å²) >= 11 is 0.801. The molecule has 11 heteroatoms. The fourth-order valence-corrected chi connectivity index (χ4v) is 1.55. The van der Waals surface area contributed by atoms with Gasteiger partial charge in [-0.2, -0.15) is 26.3 Å². The molecule has 0 spiro atoms. The van der Waals surface area contributed by atoms with E-state index >= 15 is 0 Å². The highest BCUT2D eigenvalue weighted by Crippen LogP contribution is 2.36. The molecule has 1 rings (SSSR count). The third kappa shape index (κ3) is 3.70. The van der Waals surface area contributed by atoms with Gasteiger partial charge in [-0.25, -0.2) is 0 Å². The molecule has 1 N–H and O–H groups in total. The standard InChI is InChI=1S/C7H7F6N3OS/c1-14-4-3(15-16-18-4)2-17-5(6(8,9)10)7(11,12)13/h5,14H,2H2,1H3. The number of rotatable bonds is 4. The maximum Gasteiger partial charge on any atom is 0.423 e. The summed E-state index contributed by atoms with van der Waals surface area (Å²) in [6.07, 6.45) is -14.9. The first-order valence-corrected chi connectivity index (χ1v) is 5.17. The van der Waals surface area contributed by atoms with Gasteiger partial charge in [0.2, 0.25) is 6.10 Å². The Morgan fingerprint density at radius 2 is 1.78 bits per heavy atom. The summed E-state index contributed by atoms with van der Waals surface area (Å²) in [5, 5.41) is 6.15. The molecule has 4 nitrogen and oxygen atoms in total. The molecule has 0 fully saturated rings. The molecule has 0 aliphatic rings. The minimum Gasteiger partial charge on any atom is -0.377 e. The topological polar surface area (TPSA) is 47.0 Å². The van der Waals surface area contributed by atoms with E-state index in [1.54, 1.807) is 0 Å². The van der Waals surface area contributed by atoms with Crippen LogP contribution in [0.2, 0.25) is 0 Å². The van der Waals surface area contributed by atoms with Gasteiger partial charge in [-0.15, -0.1) is 5.10 Å². The Kier molecular flexibility index (Phi) is 4.37. The number of ether oxygens (including phenoxy) is 1. The number of aromatic nitrogens is 2. The van der Waals surface area contributed by atoms with Crippen LogP contribution in [0.25, 0.3) is 0 Å². The van der Waals surface area contributed by atoms with Crippen molar-refractivity contribution in [2.24, 2.45) is 0 Å². The highest BCUT2D eigenvalue weighted by molar-refractivity contribution is 7.10. The van der Waals surface area contributed by atoms with Gasteiger partial charge in [-0.05, 0) is 0 Å². The van der Waals surface area contributed by atoms with Gasteiger partial charge in [-0.3, -0.25) is 0 Å². The van der Waals surface area contributed by atoms with E-state index in [9.17, 15) is 26.3 Å². The largest absolute Gasteiger partial charge is 0.423 e. The molecule has 0 saturated carbocycles. The van der Waals surface area contributed by atoms with E-state index in [1.165, 1.54) is 7.05 Å². The lowest BCUT2D eigenvalue weighted by molar-refractivity contribution is -0.324. The molecular formula is C7H7F6N3OS. The van der Waals surface area contributed by atoms with Crippen molar-refractivity contribution < 1.29 is 31.1 Å². The Morgan fingerprint density at radius 3 is 2.22 bits per heavy atom. The molecule has 0 aliphatic heterocycles. The van der Waals surface area contributed by atoms with Crippen LogP contribution in [0.1, 0.15) is 5.69 Å². The maximum atomic E-state index is 12.1. The second-order valence-corrected chi connectivity index (χ2v) is 3.83. The van der Waals surface area contributed by atoms with Gasteiger partial charge in [0, 0.05) is 18.6 Å². The first-order valence-electron chi connectivity index (χ1n) is 4.40. The van der Waals surface area contributed by atoms with E-state index in [0.717, 1.165) is 11.5 Å². The second-order valence-electron chi connectivity index (χ2n) is 3.07. The molecule has 0 bridgehead atoms. The number of alkyl halides is 6. The van der Waals surface area contributed by atoms with Crippen molar-refractivity contribution in [3.8, 4) is 0 Å². The number of nitrogens with zero attached hydrogens (tertiary/aromatic N) is 2. The normalized spacial score (nSPS) is 13.1. The van der Waals surface area contributed by atoms with Crippen molar-refractivity contribution in [3.63, 3.8) is 0 Å². The minimum atomic E-state index is -5.53. The predicted octanol–water partition coefficient (Wildman–Crippen LogP) is 2.59. The number of hydrogen-bond donors (Lipinski definition) is 1. The van der Waals surface area contributed by atoms with Crippen LogP contribution in [0.15, 0.2) is 0 Å². The molecule has 104 valence electrons. The highest BCUT2D eigenvalue weighted by atomic mass is 32.1. The van der Waals surface area contributed by atoms with Crippen molar-refractivity contribution >= 4 is 16.5 Å². The molecule has 0 radical (unpaired) electrons. The van der Waals surface area contributed by atoms with Crippen molar-refractivity contribution in [1.82, 2.24) is 9.59 Å². The van der Waals surface area contributed by atoms with Crippen molar-refractivity contribution in [1.29, 1.82) is 0 Å². The Bertz CT molecular complexity index is 375. The van der Waals surface area contributed by atoms with E-state index in [0.29, 0.717) is 0 Å².